The molecule has 130 valence electrons. The van der Waals surface area contributed by atoms with Crippen molar-refractivity contribution in [3.8, 4) is 11.6 Å². The molecule has 0 N–H and O–H groups in total. The summed E-state index contributed by atoms with van der Waals surface area (Å²) in [6, 6.07) is 1.93. The van der Waals surface area contributed by atoms with Crippen molar-refractivity contribution < 1.29 is 9.21 Å². The molecular weight excluding hydrogens is 308 g/mol. The molecule has 0 radical (unpaired) electrons. The van der Waals surface area contributed by atoms with Gasteiger partial charge in [0.25, 0.3) is 5.89 Å². The first-order valence-corrected chi connectivity index (χ1v) is 8.40. The van der Waals surface area contributed by atoms with Crippen molar-refractivity contribution in [2.45, 2.75) is 33.2 Å². The van der Waals surface area contributed by atoms with Crippen LogP contribution in [0.15, 0.2) is 10.5 Å². The molecule has 24 heavy (non-hydrogen) atoms. The second kappa shape index (κ2) is 7.12. The molecule has 0 atom stereocenters. The molecule has 1 saturated heterocycles. The van der Waals surface area contributed by atoms with Gasteiger partial charge in [-0.1, -0.05) is 0 Å². The first-order valence-electron chi connectivity index (χ1n) is 8.40. The van der Waals surface area contributed by atoms with Gasteiger partial charge in [0.2, 0.25) is 11.8 Å². The summed E-state index contributed by atoms with van der Waals surface area (Å²) in [6.07, 6.45) is 0.870. The average Bonchev–Trinajstić information content (AvgIpc) is 3.19. The third-order valence-corrected chi connectivity index (χ3v) is 4.30. The number of carbonyl (C=O) groups excluding carboxylic acids is 1. The minimum Gasteiger partial charge on any atom is -0.419 e. The molecular formula is C16H24N6O2. The van der Waals surface area contributed by atoms with Crippen molar-refractivity contribution in [3.63, 3.8) is 0 Å². The summed E-state index contributed by atoms with van der Waals surface area (Å²) in [7, 11) is 2.07. The second-order valence-corrected chi connectivity index (χ2v) is 6.17. The molecule has 1 aliphatic heterocycles. The van der Waals surface area contributed by atoms with Gasteiger partial charge in [0.1, 0.15) is 5.69 Å². The van der Waals surface area contributed by atoms with Crippen molar-refractivity contribution in [1.82, 2.24) is 29.8 Å². The maximum Gasteiger partial charge on any atom is 0.265 e. The minimum absolute atomic E-state index is 0.150. The molecule has 0 saturated carbocycles. The third-order valence-electron chi connectivity index (χ3n) is 4.30. The van der Waals surface area contributed by atoms with Crippen LogP contribution in [0.25, 0.3) is 11.6 Å². The van der Waals surface area contributed by atoms with E-state index in [-0.39, 0.29) is 5.91 Å². The third kappa shape index (κ3) is 3.64. The van der Waals surface area contributed by atoms with Gasteiger partial charge in [0.15, 0.2) is 0 Å². The molecule has 8 nitrogen and oxygen atoms in total. The van der Waals surface area contributed by atoms with Crippen LogP contribution in [-0.4, -0.2) is 68.9 Å². The van der Waals surface area contributed by atoms with Gasteiger partial charge in [-0.3, -0.25) is 9.48 Å². The van der Waals surface area contributed by atoms with Gasteiger partial charge < -0.3 is 14.2 Å². The van der Waals surface area contributed by atoms with E-state index in [4.69, 9.17) is 4.42 Å². The van der Waals surface area contributed by atoms with Crippen molar-refractivity contribution in [3.05, 3.63) is 17.7 Å². The van der Waals surface area contributed by atoms with Crippen LogP contribution >= 0.6 is 0 Å². The zero-order valence-electron chi connectivity index (χ0n) is 14.5. The molecule has 1 amide bonds. The Kier molecular flexibility index (Phi) is 4.94. The van der Waals surface area contributed by atoms with Gasteiger partial charge in [-0.05, 0) is 27.0 Å². The number of likely N-dealkylation sites (N-methyl/N-ethyl adjacent to an activating group) is 1. The molecule has 0 bridgehead atoms. The average molecular weight is 332 g/mol. The predicted octanol–water partition coefficient (Wildman–Crippen LogP) is 0.968. The molecule has 2 aromatic rings. The highest BCUT2D eigenvalue weighted by Crippen LogP contribution is 2.19. The maximum absolute atomic E-state index is 12.3. The first-order chi connectivity index (χ1) is 11.6. The van der Waals surface area contributed by atoms with E-state index in [2.05, 4.69) is 27.2 Å². The Balaban J connectivity index is 1.59. The van der Waals surface area contributed by atoms with Crippen molar-refractivity contribution in [2.24, 2.45) is 0 Å². The van der Waals surface area contributed by atoms with Crippen LogP contribution < -0.4 is 0 Å². The van der Waals surface area contributed by atoms with Gasteiger partial charge >= 0.3 is 0 Å². The van der Waals surface area contributed by atoms with E-state index in [9.17, 15) is 4.79 Å². The Morgan fingerprint density at radius 3 is 2.71 bits per heavy atom. The van der Waals surface area contributed by atoms with Gasteiger partial charge in [-0.2, -0.15) is 5.10 Å². The van der Waals surface area contributed by atoms with E-state index in [1.807, 2.05) is 29.5 Å². The SMILES string of the molecule is CCn1nc(C)cc1-c1nnc(CCC(=O)N2CCN(C)CC2)o1. The van der Waals surface area contributed by atoms with E-state index in [0.717, 1.165) is 44.1 Å². The number of rotatable bonds is 5. The molecule has 3 heterocycles. The highest BCUT2D eigenvalue weighted by atomic mass is 16.4. The Morgan fingerprint density at radius 2 is 2.00 bits per heavy atom. The van der Waals surface area contributed by atoms with E-state index < -0.39 is 0 Å². The van der Waals surface area contributed by atoms with Gasteiger partial charge in [-0.15, -0.1) is 10.2 Å². The monoisotopic (exact) mass is 332 g/mol. The molecule has 8 heteroatoms. The zero-order chi connectivity index (χ0) is 17.1. The topological polar surface area (TPSA) is 80.3 Å². The molecule has 0 aliphatic carbocycles. The van der Waals surface area contributed by atoms with Crippen molar-refractivity contribution in [2.75, 3.05) is 33.2 Å². The number of piperazine rings is 1. The van der Waals surface area contributed by atoms with Crippen LogP contribution in [0.5, 0.6) is 0 Å². The van der Waals surface area contributed by atoms with Crippen LogP contribution in [0.1, 0.15) is 24.9 Å². The van der Waals surface area contributed by atoms with E-state index >= 15 is 0 Å². The number of nitrogens with zero attached hydrogens (tertiary/aromatic N) is 6. The van der Waals surface area contributed by atoms with Crippen LogP contribution in [-0.2, 0) is 17.8 Å². The van der Waals surface area contributed by atoms with Gasteiger partial charge in [-0.25, -0.2) is 0 Å². The lowest BCUT2D eigenvalue weighted by Crippen LogP contribution is -2.47. The lowest BCUT2D eigenvalue weighted by molar-refractivity contribution is -0.132. The van der Waals surface area contributed by atoms with E-state index in [1.165, 1.54) is 0 Å². The predicted molar refractivity (Wildman–Crippen MR) is 88.3 cm³/mol. The summed E-state index contributed by atoms with van der Waals surface area (Å²) < 4.78 is 7.55. The van der Waals surface area contributed by atoms with Crippen molar-refractivity contribution in [1.29, 1.82) is 0 Å². The largest absolute Gasteiger partial charge is 0.419 e. The highest BCUT2D eigenvalue weighted by Gasteiger charge is 2.20. The zero-order valence-corrected chi connectivity index (χ0v) is 14.5. The summed E-state index contributed by atoms with van der Waals surface area (Å²) in [6.45, 7) is 8.12. The Hall–Kier alpha value is -2.22. The van der Waals surface area contributed by atoms with Gasteiger partial charge in [0.05, 0.1) is 5.69 Å². The standard InChI is InChI=1S/C16H24N6O2/c1-4-22-13(11-12(2)19-22)16-18-17-14(24-16)5-6-15(23)21-9-7-20(3)8-10-21/h11H,4-10H2,1-3H3. The quantitative estimate of drug-likeness (QED) is 0.811. The number of hydrogen-bond donors (Lipinski definition) is 0. The molecule has 2 aromatic heterocycles. The number of aryl methyl sites for hydroxylation is 3. The van der Waals surface area contributed by atoms with E-state index in [0.29, 0.717) is 24.6 Å². The summed E-state index contributed by atoms with van der Waals surface area (Å²) in [5.41, 5.74) is 1.73. The van der Waals surface area contributed by atoms with Gasteiger partial charge in [0, 0.05) is 45.6 Å². The summed E-state index contributed by atoms with van der Waals surface area (Å²) in [5, 5.41) is 12.5. The second-order valence-electron chi connectivity index (χ2n) is 6.17. The summed E-state index contributed by atoms with van der Waals surface area (Å²) >= 11 is 0. The lowest BCUT2D eigenvalue weighted by Gasteiger charge is -2.32. The fourth-order valence-electron chi connectivity index (χ4n) is 2.84. The Labute approximate surface area is 141 Å². The highest BCUT2D eigenvalue weighted by molar-refractivity contribution is 5.76. The molecule has 1 aliphatic rings. The summed E-state index contributed by atoms with van der Waals surface area (Å²) in [5.74, 6) is 1.10. The van der Waals surface area contributed by atoms with Crippen molar-refractivity contribution >= 4 is 5.91 Å². The molecule has 0 spiro atoms. The van der Waals surface area contributed by atoms with Crippen LogP contribution in [0.3, 0.4) is 0 Å². The molecule has 3 rings (SSSR count). The lowest BCUT2D eigenvalue weighted by atomic mass is 10.2. The number of hydrogen-bond acceptors (Lipinski definition) is 6. The van der Waals surface area contributed by atoms with Crippen LogP contribution in [0.2, 0.25) is 0 Å². The normalized spacial score (nSPS) is 15.9. The fourth-order valence-corrected chi connectivity index (χ4v) is 2.84. The van der Waals surface area contributed by atoms with E-state index in [1.54, 1.807) is 0 Å². The van der Waals surface area contributed by atoms with Crippen LogP contribution in [0, 0.1) is 6.92 Å². The smallest absolute Gasteiger partial charge is 0.265 e. The fraction of sp³-hybridized carbons (Fsp3) is 0.625. The Bertz CT molecular complexity index is 699. The number of aromatic nitrogens is 4. The summed E-state index contributed by atoms with van der Waals surface area (Å²) in [4.78, 5) is 16.4. The molecule has 0 aromatic carbocycles. The number of amides is 1. The Morgan fingerprint density at radius 1 is 1.25 bits per heavy atom. The minimum atomic E-state index is 0.150. The van der Waals surface area contributed by atoms with Crippen LogP contribution in [0.4, 0.5) is 0 Å². The first kappa shape index (κ1) is 16.6. The molecule has 0 unspecified atom stereocenters. The molecule has 1 fully saturated rings. The maximum atomic E-state index is 12.3. The number of carbonyl (C=O) groups is 1.